The van der Waals surface area contributed by atoms with Gasteiger partial charge in [-0.1, -0.05) is 0 Å². The number of terminal acetylenes is 1. The molecule has 1 N–H and O–H groups in total. The van der Waals surface area contributed by atoms with Gasteiger partial charge < -0.3 is 24.3 Å². The molecule has 45 heavy (non-hydrogen) atoms. The van der Waals surface area contributed by atoms with Gasteiger partial charge in [0, 0.05) is 59.7 Å². The lowest BCUT2D eigenvalue weighted by Crippen LogP contribution is -2.29. The fourth-order valence-electron chi connectivity index (χ4n) is 4.93. The first-order valence-electron chi connectivity index (χ1n) is 13.9. The van der Waals surface area contributed by atoms with E-state index >= 15 is 4.39 Å². The monoisotopic (exact) mass is 609 g/mol. The zero-order valence-electron chi connectivity index (χ0n) is 23.9. The third-order valence-corrected chi connectivity index (χ3v) is 7.09. The second-order valence-electron chi connectivity index (χ2n) is 9.94. The third-order valence-electron chi connectivity index (χ3n) is 7.09. The molecule has 1 aliphatic rings. The first-order chi connectivity index (χ1) is 21.9. The number of benzene rings is 3. The van der Waals surface area contributed by atoms with Crippen molar-refractivity contribution in [2.75, 3.05) is 25.6 Å². The number of carbonyl (C=O) groups is 1. The molecule has 0 aliphatic carbocycles. The van der Waals surface area contributed by atoms with Gasteiger partial charge in [0.1, 0.15) is 22.9 Å². The molecule has 6 rings (SSSR count). The number of carbonyl (C=O) groups excluding carboxylic acids is 1. The lowest BCUT2D eigenvalue weighted by Gasteiger charge is -2.15. The van der Waals surface area contributed by atoms with Gasteiger partial charge in [-0.15, -0.1) is 12.3 Å². The predicted octanol–water partition coefficient (Wildman–Crippen LogP) is 6.05. The average molecular weight is 610 g/mol. The van der Waals surface area contributed by atoms with E-state index in [-0.39, 0.29) is 22.7 Å². The van der Waals surface area contributed by atoms with Gasteiger partial charge in [0.15, 0.2) is 23.1 Å². The predicted molar refractivity (Wildman–Crippen MR) is 163 cm³/mol. The third kappa shape index (κ3) is 5.86. The van der Waals surface area contributed by atoms with Gasteiger partial charge in [-0.05, 0) is 48.5 Å². The minimum atomic E-state index is -0.782. The molecule has 5 aromatic rings. The number of nitrogens with zero attached hydrogens (tertiary/aromatic N) is 2. The largest absolute Gasteiger partial charge is 0.493 e. The minimum absolute atomic E-state index is 0.0863. The summed E-state index contributed by atoms with van der Waals surface area (Å²) in [6, 6.07) is 14.1. The van der Waals surface area contributed by atoms with Crippen molar-refractivity contribution in [2.45, 2.75) is 12.8 Å². The molecule has 3 aromatic carbocycles. The molecule has 0 atom stereocenters. The summed E-state index contributed by atoms with van der Waals surface area (Å²) in [5.41, 5.74) is 0.734. The quantitative estimate of drug-likeness (QED) is 0.160. The molecule has 1 amide bonds. The molecule has 0 unspecified atom stereocenters. The number of hydrogen-bond donors (Lipinski definition) is 1. The molecule has 0 fully saturated rings. The Kier molecular flexibility index (Phi) is 8.03. The fraction of sp³-hybridized carbons (Fsp3) is 0.147. The summed E-state index contributed by atoms with van der Waals surface area (Å²) in [5.74, 6) is 1.73. The fourth-order valence-corrected chi connectivity index (χ4v) is 4.93. The average Bonchev–Trinajstić information content (AvgIpc) is 3.50. The maximum atomic E-state index is 15.3. The summed E-state index contributed by atoms with van der Waals surface area (Å²) in [6.45, 7) is 0.589. The van der Waals surface area contributed by atoms with E-state index in [0.717, 1.165) is 6.07 Å². The second kappa shape index (κ2) is 12.4. The molecule has 2 aromatic heterocycles. The van der Waals surface area contributed by atoms with Gasteiger partial charge in [-0.2, -0.15) is 0 Å². The lowest BCUT2D eigenvalue weighted by atomic mass is 10.1. The second-order valence-corrected chi connectivity index (χ2v) is 9.94. The summed E-state index contributed by atoms with van der Waals surface area (Å²) in [5, 5.41) is 3.13. The van der Waals surface area contributed by atoms with Crippen molar-refractivity contribution < 1.29 is 32.5 Å². The molecule has 226 valence electrons. The van der Waals surface area contributed by atoms with Gasteiger partial charge in [-0.3, -0.25) is 19.1 Å². The number of aromatic nitrogens is 2. The van der Waals surface area contributed by atoms with E-state index in [2.05, 4.69) is 16.2 Å². The van der Waals surface area contributed by atoms with Crippen LogP contribution in [0.2, 0.25) is 0 Å². The number of anilines is 1. The number of hydrogen-bond acceptors (Lipinski definition) is 7. The van der Waals surface area contributed by atoms with E-state index in [1.54, 1.807) is 24.4 Å². The maximum Gasteiger partial charge on any atom is 0.271 e. The van der Waals surface area contributed by atoms with Crippen LogP contribution in [0.4, 0.5) is 14.5 Å². The van der Waals surface area contributed by atoms with Crippen molar-refractivity contribution in [1.82, 2.24) is 9.55 Å². The van der Waals surface area contributed by atoms with E-state index in [9.17, 15) is 14.0 Å². The van der Waals surface area contributed by atoms with Crippen molar-refractivity contribution in [3.63, 3.8) is 0 Å². The van der Waals surface area contributed by atoms with Gasteiger partial charge in [0.05, 0.1) is 25.8 Å². The minimum Gasteiger partial charge on any atom is -0.493 e. The van der Waals surface area contributed by atoms with Gasteiger partial charge in [0.25, 0.3) is 11.5 Å². The highest BCUT2D eigenvalue weighted by atomic mass is 19.1. The number of amides is 1. The number of halogens is 2. The molecule has 3 heterocycles. The smallest absolute Gasteiger partial charge is 0.271 e. The van der Waals surface area contributed by atoms with Crippen LogP contribution in [-0.2, 0) is 6.42 Å². The Hall–Kier alpha value is -5.89. The van der Waals surface area contributed by atoms with E-state index in [1.165, 1.54) is 54.3 Å². The van der Waals surface area contributed by atoms with Crippen LogP contribution in [0, 0.1) is 24.0 Å². The number of fused-ring (bicyclic) bond motifs is 2. The summed E-state index contributed by atoms with van der Waals surface area (Å²) in [7, 11) is 1.49. The Bertz CT molecular complexity index is 2040. The SMILES string of the molecule is C#CCCOc1cc2nccc(Oc3ccc(NC(=O)c4c5c(cn(-c6ccc(F)cc6)c4=O)CCO5)cc3F)c2cc1OC. The van der Waals surface area contributed by atoms with Crippen molar-refractivity contribution in [3.8, 4) is 46.8 Å². The normalized spacial score (nSPS) is 11.8. The van der Waals surface area contributed by atoms with Crippen molar-refractivity contribution in [1.29, 1.82) is 0 Å². The van der Waals surface area contributed by atoms with Gasteiger partial charge in [-0.25, -0.2) is 8.78 Å². The highest BCUT2D eigenvalue weighted by Crippen LogP contribution is 2.38. The van der Waals surface area contributed by atoms with Crippen LogP contribution in [0.3, 0.4) is 0 Å². The van der Waals surface area contributed by atoms with Crippen LogP contribution in [0.25, 0.3) is 16.6 Å². The van der Waals surface area contributed by atoms with Crippen LogP contribution in [0.15, 0.2) is 77.9 Å². The Balaban J connectivity index is 1.26. The topological polar surface area (TPSA) is 101 Å². The first-order valence-corrected chi connectivity index (χ1v) is 13.9. The molecule has 1 aliphatic heterocycles. The molecule has 0 radical (unpaired) electrons. The van der Waals surface area contributed by atoms with Crippen molar-refractivity contribution in [3.05, 3.63) is 106 Å². The van der Waals surface area contributed by atoms with E-state index in [0.29, 0.717) is 65.5 Å². The highest BCUT2D eigenvalue weighted by molar-refractivity contribution is 6.06. The number of ether oxygens (including phenoxy) is 4. The van der Waals surface area contributed by atoms with Crippen LogP contribution < -0.4 is 29.8 Å². The zero-order valence-corrected chi connectivity index (χ0v) is 23.9. The molecule has 0 saturated carbocycles. The summed E-state index contributed by atoms with van der Waals surface area (Å²) in [6.07, 6.45) is 9.29. The molecular weight excluding hydrogens is 584 g/mol. The Morgan fingerprint density at radius 3 is 2.64 bits per heavy atom. The number of nitrogens with one attached hydrogen (secondary N) is 1. The lowest BCUT2D eigenvalue weighted by molar-refractivity contribution is 0.102. The highest BCUT2D eigenvalue weighted by Gasteiger charge is 2.27. The molecular formula is C34H25F2N3O6. The maximum absolute atomic E-state index is 15.3. The van der Waals surface area contributed by atoms with Crippen molar-refractivity contribution >= 4 is 22.5 Å². The van der Waals surface area contributed by atoms with E-state index < -0.39 is 23.1 Å². The molecule has 11 heteroatoms. The van der Waals surface area contributed by atoms with E-state index in [1.807, 2.05) is 0 Å². The van der Waals surface area contributed by atoms with Crippen LogP contribution in [0.5, 0.6) is 28.7 Å². The Labute approximate surface area is 256 Å². The summed E-state index contributed by atoms with van der Waals surface area (Å²) < 4.78 is 52.8. The number of pyridine rings is 2. The van der Waals surface area contributed by atoms with Gasteiger partial charge >= 0.3 is 0 Å². The molecule has 0 saturated heterocycles. The van der Waals surface area contributed by atoms with Gasteiger partial charge in [0.2, 0.25) is 0 Å². The molecule has 0 bridgehead atoms. The number of rotatable bonds is 9. The molecule has 0 spiro atoms. The summed E-state index contributed by atoms with van der Waals surface area (Å²) >= 11 is 0. The Morgan fingerprint density at radius 2 is 1.89 bits per heavy atom. The zero-order chi connectivity index (χ0) is 31.5. The summed E-state index contributed by atoms with van der Waals surface area (Å²) in [4.78, 5) is 31.1. The van der Waals surface area contributed by atoms with Crippen LogP contribution >= 0.6 is 0 Å². The Morgan fingerprint density at radius 1 is 1.07 bits per heavy atom. The van der Waals surface area contributed by atoms with Crippen LogP contribution in [0.1, 0.15) is 22.3 Å². The first kappa shape index (κ1) is 29.2. The van der Waals surface area contributed by atoms with Crippen LogP contribution in [-0.4, -0.2) is 35.8 Å². The van der Waals surface area contributed by atoms with Crippen molar-refractivity contribution in [2.24, 2.45) is 0 Å². The number of methoxy groups -OCH3 is 1. The van der Waals surface area contributed by atoms with E-state index in [4.69, 9.17) is 25.4 Å². The standard InChI is InChI=1S/C34H25F2N3O6/c1-3-4-14-43-30-18-26-24(17-29(30)42-2)27(11-13-37-26)45-28-10-7-22(16-25(28)36)38-33(40)31-32-20(12-15-44-32)19-39(34(31)41)23-8-5-21(35)6-9-23/h1,5-11,13,16-19H,4,12,14-15H2,2H3,(H,38,40). The molecule has 9 nitrogen and oxygen atoms in total.